The number of aromatic nitrogens is 4. The molecule has 0 spiro atoms. The lowest BCUT2D eigenvalue weighted by Gasteiger charge is -2.17. The lowest BCUT2D eigenvalue weighted by Crippen LogP contribution is -2.24. The number of nitrogen functional groups attached to an aromatic ring is 1. The Balaban J connectivity index is 1.45. The Labute approximate surface area is 247 Å². The van der Waals surface area contributed by atoms with Crippen LogP contribution < -0.4 is 16.0 Å². The van der Waals surface area contributed by atoms with Crippen molar-refractivity contribution >= 4 is 40.5 Å². The number of hydrogen-bond donors (Lipinski definition) is 3. The van der Waals surface area contributed by atoms with Gasteiger partial charge in [-0.15, -0.1) is 0 Å². The molecule has 0 saturated carbocycles. The molecule has 0 unspecified atom stereocenters. The van der Waals surface area contributed by atoms with Gasteiger partial charge in [0.2, 0.25) is 5.95 Å². The maximum atomic E-state index is 13.2. The van der Waals surface area contributed by atoms with E-state index in [-0.39, 0.29) is 35.2 Å². The number of hydrogen-bond acceptors (Lipinski definition) is 9. The van der Waals surface area contributed by atoms with E-state index in [0.717, 1.165) is 18.3 Å². The monoisotopic (exact) mass is 601 g/mol. The standard InChI is InChI=1S/C30H22F3N7O4/c1-15-2-3-17(27(42)38-22-13-19(5-7-35-22)30(31,32)33)10-20(15)21-11-18-14-37-28(34)39-25(18)24(26(21)41)16-4-6-36-23(12-16)40-8-9-44-29(40)43/h2-7,10-14,41H,8-9H2,1H3,(H2,34,37,39)(H,35,38,42). The first-order chi connectivity index (χ1) is 21.0. The summed E-state index contributed by atoms with van der Waals surface area (Å²) in [7, 11) is 0. The average Bonchev–Trinajstić information content (AvgIpc) is 3.43. The van der Waals surface area contributed by atoms with Crippen molar-refractivity contribution in [1.82, 2.24) is 19.9 Å². The van der Waals surface area contributed by atoms with Crippen LogP contribution in [0.15, 0.2) is 67.1 Å². The third-order valence-electron chi connectivity index (χ3n) is 7.05. The number of amides is 2. The average molecular weight is 602 g/mol. The van der Waals surface area contributed by atoms with Gasteiger partial charge in [-0.1, -0.05) is 6.07 Å². The second-order valence-electron chi connectivity index (χ2n) is 9.89. The lowest BCUT2D eigenvalue weighted by atomic mass is 9.91. The Kier molecular flexibility index (Phi) is 6.96. The summed E-state index contributed by atoms with van der Waals surface area (Å²) in [5.41, 5.74) is 7.61. The second kappa shape index (κ2) is 10.8. The number of aryl methyl sites for hydroxylation is 1. The van der Waals surface area contributed by atoms with Gasteiger partial charge in [-0.05, 0) is 66.1 Å². The van der Waals surface area contributed by atoms with E-state index < -0.39 is 23.7 Å². The fourth-order valence-electron chi connectivity index (χ4n) is 4.90. The molecule has 5 aromatic rings. The van der Waals surface area contributed by atoms with Gasteiger partial charge in [0.05, 0.1) is 23.2 Å². The van der Waals surface area contributed by atoms with E-state index >= 15 is 0 Å². The van der Waals surface area contributed by atoms with Crippen molar-refractivity contribution in [2.24, 2.45) is 0 Å². The summed E-state index contributed by atoms with van der Waals surface area (Å²) in [5, 5.41) is 14.7. The predicted octanol–water partition coefficient (Wildman–Crippen LogP) is 5.58. The number of fused-ring (bicyclic) bond motifs is 1. The van der Waals surface area contributed by atoms with Crippen LogP contribution in [-0.4, -0.2) is 50.2 Å². The first-order valence-electron chi connectivity index (χ1n) is 13.1. The van der Waals surface area contributed by atoms with Crippen molar-refractivity contribution in [2.45, 2.75) is 13.1 Å². The van der Waals surface area contributed by atoms with Crippen molar-refractivity contribution < 1.29 is 32.6 Å². The van der Waals surface area contributed by atoms with E-state index in [4.69, 9.17) is 10.5 Å². The van der Waals surface area contributed by atoms with Crippen LogP contribution in [0.2, 0.25) is 0 Å². The van der Waals surface area contributed by atoms with Crippen molar-refractivity contribution in [3.63, 3.8) is 0 Å². The summed E-state index contributed by atoms with van der Waals surface area (Å²) in [5.74, 6) is -0.889. The number of anilines is 3. The SMILES string of the molecule is Cc1ccc(C(=O)Nc2cc(C(F)(F)F)ccn2)cc1-c1cc2cnc(N)nc2c(-c2ccnc(N3CCOC3=O)c2)c1O. The van der Waals surface area contributed by atoms with Gasteiger partial charge >= 0.3 is 12.3 Å². The molecule has 0 radical (unpaired) electrons. The van der Waals surface area contributed by atoms with Gasteiger partial charge in [0.1, 0.15) is 24.0 Å². The minimum atomic E-state index is -4.60. The van der Waals surface area contributed by atoms with E-state index in [1.807, 2.05) is 0 Å². The summed E-state index contributed by atoms with van der Waals surface area (Å²) in [6.45, 7) is 2.30. The maximum absolute atomic E-state index is 13.2. The number of nitrogens with two attached hydrogens (primary N) is 1. The third-order valence-corrected chi connectivity index (χ3v) is 7.05. The Morgan fingerprint density at radius 2 is 1.84 bits per heavy atom. The number of phenols is 1. The van der Waals surface area contributed by atoms with E-state index in [9.17, 15) is 27.9 Å². The number of phenolic OH excluding ortho intramolecular Hbond substituents is 1. The number of carbonyl (C=O) groups is 2. The van der Waals surface area contributed by atoms with E-state index in [1.165, 1.54) is 29.4 Å². The molecule has 2 amide bonds. The fourth-order valence-corrected chi connectivity index (χ4v) is 4.90. The van der Waals surface area contributed by atoms with Gasteiger partial charge in [0.25, 0.3) is 5.91 Å². The molecule has 222 valence electrons. The molecular formula is C30H22F3N7O4. The van der Waals surface area contributed by atoms with Crippen LogP contribution in [0, 0.1) is 6.92 Å². The molecule has 6 rings (SSSR count). The highest BCUT2D eigenvalue weighted by Gasteiger charge is 2.31. The Morgan fingerprint density at radius 3 is 2.59 bits per heavy atom. The van der Waals surface area contributed by atoms with Gasteiger partial charge in [-0.3, -0.25) is 9.69 Å². The molecule has 0 bridgehead atoms. The Hall–Kier alpha value is -5.79. The van der Waals surface area contributed by atoms with Gasteiger partial charge in [-0.25, -0.2) is 24.7 Å². The zero-order valence-corrected chi connectivity index (χ0v) is 22.9. The largest absolute Gasteiger partial charge is 0.507 e. The van der Waals surface area contributed by atoms with Crippen molar-refractivity contribution in [1.29, 1.82) is 0 Å². The molecule has 1 aliphatic heterocycles. The van der Waals surface area contributed by atoms with Crippen LogP contribution in [0.25, 0.3) is 33.2 Å². The van der Waals surface area contributed by atoms with Crippen LogP contribution in [0.5, 0.6) is 5.75 Å². The second-order valence-corrected chi connectivity index (χ2v) is 9.89. The normalized spacial score (nSPS) is 13.3. The highest BCUT2D eigenvalue weighted by atomic mass is 19.4. The number of alkyl halides is 3. The summed E-state index contributed by atoms with van der Waals surface area (Å²) in [6.07, 6.45) is -1.21. The molecular weight excluding hydrogens is 579 g/mol. The van der Waals surface area contributed by atoms with E-state index in [0.29, 0.717) is 45.5 Å². The molecule has 1 aliphatic rings. The van der Waals surface area contributed by atoms with Gasteiger partial charge in [0, 0.05) is 35.1 Å². The van der Waals surface area contributed by atoms with Crippen LogP contribution in [0.3, 0.4) is 0 Å². The summed E-state index contributed by atoms with van der Waals surface area (Å²) >= 11 is 0. The molecule has 2 aromatic carbocycles. The van der Waals surface area contributed by atoms with Gasteiger partial charge < -0.3 is 20.9 Å². The van der Waals surface area contributed by atoms with Gasteiger partial charge in [0.15, 0.2) is 0 Å². The molecule has 4 N–H and O–H groups in total. The molecule has 0 aliphatic carbocycles. The van der Waals surface area contributed by atoms with Crippen LogP contribution >= 0.6 is 0 Å². The molecule has 14 heteroatoms. The lowest BCUT2D eigenvalue weighted by molar-refractivity contribution is -0.137. The zero-order chi connectivity index (χ0) is 31.2. The van der Waals surface area contributed by atoms with E-state index in [2.05, 4.69) is 25.3 Å². The summed E-state index contributed by atoms with van der Waals surface area (Å²) < 4.78 is 44.5. The predicted molar refractivity (Wildman–Crippen MR) is 155 cm³/mol. The molecule has 0 atom stereocenters. The Morgan fingerprint density at radius 1 is 1.05 bits per heavy atom. The molecule has 4 heterocycles. The highest BCUT2D eigenvalue weighted by Crippen LogP contribution is 2.44. The van der Waals surface area contributed by atoms with Crippen LogP contribution in [-0.2, 0) is 10.9 Å². The summed E-state index contributed by atoms with van der Waals surface area (Å²) in [4.78, 5) is 43.2. The molecule has 3 aromatic heterocycles. The maximum Gasteiger partial charge on any atom is 0.416 e. The van der Waals surface area contributed by atoms with Crippen molar-refractivity contribution in [3.05, 3.63) is 83.8 Å². The van der Waals surface area contributed by atoms with Crippen LogP contribution in [0.1, 0.15) is 21.5 Å². The van der Waals surface area contributed by atoms with Crippen molar-refractivity contribution in [2.75, 3.05) is 29.1 Å². The van der Waals surface area contributed by atoms with Crippen LogP contribution in [0.4, 0.5) is 35.5 Å². The molecule has 1 fully saturated rings. The molecule has 1 saturated heterocycles. The molecule has 11 nitrogen and oxygen atoms in total. The number of rotatable bonds is 5. The number of aromatic hydroxyl groups is 1. The third kappa shape index (κ3) is 5.28. The number of halogens is 3. The number of nitrogens with zero attached hydrogens (tertiary/aromatic N) is 5. The fraction of sp³-hybridized carbons (Fsp3) is 0.133. The van der Waals surface area contributed by atoms with Crippen molar-refractivity contribution in [3.8, 4) is 28.0 Å². The Bertz CT molecular complexity index is 1970. The summed E-state index contributed by atoms with van der Waals surface area (Å²) in [6, 6.07) is 11.1. The minimum absolute atomic E-state index is 0.0265. The topological polar surface area (TPSA) is 156 Å². The minimum Gasteiger partial charge on any atom is -0.507 e. The first-order valence-corrected chi connectivity index (χ1v) is 13.1. The van der Waals surface area contributed by atoms with Gasteiger partial charge in [-0.2, -0.15) is 13.2 Å². The zero-order valence-electron chi connectivity index (χ0n) is 22.9. The number of nitrogens with one attached hydrogen (secondary N) is 1. The quantitative estimate of drug-likeness (QED) is 0.234. The smallest absolute Gasteiger partial charge is 0.416 e. The first kappa shape index (κ1) is 28.3. The number of ether oxygens (including phenoxy) is 1. The highest BCUT2D eigenvalue weighted by molar-refractivity contribution is 6.06. The van der Waals surface area contributed by atoms with E-state index in [1.54, 1.807) is 31.2 Å². The number of carbonyl (C=O) groups excluding carboxylic acids is 2. The number of pyridine rings is 2. The number of cyclic esters (lactones) is 1. The number of benzene rings is 2. The molecule has 44 heavy (non-hydrogen) atoms.